The highest BCUT2D eigenvalue weighted by molar-refractivity contribution is 7.16. The van der Waals surface area contributed by atoms with Crippen molar-refractivity contribution in [2.75, 3.05) is 29.9 Å². The first-order chi connectivity index (χ1) is 10.8. The molecule has 2 N–H and O–H groups in total. The van der Waals surface area contributed by atoms with Crippen LogP contribution >= 0.6 is 22.9 Å². The molecule has 0 amide bonds. The van der Waals surface area contributed by atoms with Crippen molar-refractivity contribution in [3.05, 3.63) is 33.7 Å². The first kappa shape index (κ1) is 15.5. The molecule has 5 nitrogen and oxygen atoms in total. The Balaban J connectivity index is 1.59. The van der Waals surface area contributed by atoms with Crippen molar-refractivity contribution in [1.29, 1.82) is 0 Å². The summed E-state index contributed by atoms with van der Waals surface area (Å²) in [6.07, 6.45) is 4.60. The molecule has 0 saturated carbocycles. The maximum Gasteiger partial charge on any atom is 0.134 e. The van der Waals surface area contributed by atoms with E-state index in [0.29, 0.717) is 0 Å². The minimum atomic E-state index is 0.173. The van der Waals surface area contributed by atoms with Crippen LogP contribution < -0.4 is 10.2 Å². The highest BCUT2D eigenvalue weighted by Gasteiger charge is 2.25. The second-order valence-electron chi connectivity index (χ2n) is 5.32. The zero-order valence-electron chi connectivity index (χ0n) is 12.2. The van der Waals surface area contributed by atoms with E-state index >= 15 is 0 Å². The standard InChI is InChI=1S/C15H19ClN4OS/c16-13-4-3-12(22-13)5-6-17-14-8-15(19-10-18-14)20-7-1-2-11(20)9-21/h3-4,8,10-11,21H,1-2,5-7,9H2,(H,17,18,19). The summed E-state index contributed by atoms with van der Waals surface area (Å²) < 4.78 is 0.823. The lowest BCUT2D eigenvalue weighted by molar-refractivity contribution is 0.266. The summed E-state index contributed by atoms with van der Waals surface area (Å²) in [5.41, 5.74) is 0. The molecule has 1 atom stereocenters. The molecule has 1 unspecified atom stereocenters. The normalized spacial score (nSPS) is 17.9. The number of aromatic nitrogens is 2. The number of hydrogen-bond donors (Lipinski definition) is 2. The van der Waals surface area contributed by atoms with Gasteiger partial charge in [-0.15, -0.1) is 11.3 Å². The number of nitrogens with zero attached hydrogens (tertiary/aromatic N) is 3. The van der Waals surface area contributed by atoms with Crippen LogP contribution in [0, 0.1) is 0 Å². The zero-order valence-corrected chi connectivity index (χ0v) is 13.8. The molecular formula is C15H19ClN4OS. The van der Waals surface area contributed by atoms with Crippen molar-refractivity contribution in [3.63, 3.8) is 0 Å². The van der Waals surface area contributed by atoms with E-state index < -0.39 is 0 Å². The summed E-state index contributed by atoms with van der Waals surface area (Å²) in [6, 6.07) is 6.11. The predicted octanol–water partition coefficient (Wildman–Crippen LogP) is 2.81. The van der Waals surface area contributed by atoms with Gasteiger partial charge in [-0.3, -0.25) is 0 Å². The van der Waals surface area contributed by atoms with Gasteiger partial charge in [-0.2, -0.15) is 0 Å². The van der Waals surface area contributed by atoms with E-state index in [1.165, 1.54) is 4.88 Å². The molecule has 0 radical (unpaired) electrons. The van der Waals surface area contributed by atoms with Crippen LogP contribution in [-0.4, -0.2) is 40.8 Å². The minimum Gasteiger partial charge on any atom is -0.394 e. The van der Waals surface area contributed by atoms with Gasteiger partial charge in [-0.25, -0.2) is 9.97 Å². The van der Waals surface area contributed by atoms with E-state index in [2.05, 4.69) is 26.3 Å². The maximum absolute atomic E-state index is 9.43. The third-order valence-electron chi connectivity index (χ3n) is 3.84. The molecule has 118 valence electrons. The van der Waals surface area contributed by atoms with Gasteiger partial charge in [0.1, 0.15) is 18.0 Å². The Morgan fingerprint density at radius 3 is 3.09 bits per heavy atom. The number of halogens is 1. The third-order valence-corrected chi connectivity index (χ3v) is 5.13. The highest BCUT2D eigenvalue weighted by atomic mass is 35.5. The van der Waals surface area contributed by atoms with Crippen LogP contribution in [0.3, 0.4) is 0 Å². The Morgan fingerprint density at radius 2 is 2.32 bits per heavy atom. The second kappa shape index (κ2) is 7.26. The van der Waals surface area contributed by atoms with Crippen molar-refractivity contribution in [1.82, 2.24) is 9.97 Å². The van der Waals surface area contributed by atoms with Crippen LogP contribution in [0.15, 0.2) is 24.5 Å². The summed E-state index contributed by atoms with van der Waals surface area (Å²) in [7, 11) is 0. The first-order valence-corrected chi connectivity index (χ1v) is 8.63. The second-order valence-corrected chi connectivity index (χ2v) is 7.12. The van der Waals surface area contributed by atoms with E-state index in [0.717, 1.165) is 48.3 Å². The molecule has 1 aliphatic rings. The zero-order chi connectivity index (χ0) is 15.4. The molecule has 0 aromatic carbocycles. The molecule has 1 aliphatic heterocycles. The van der Waals surface area contributed by atoms with E-state index in [4.69, 9.17) is 11.6 Å². The number of rotatable bonds is 6. The fourth-order valence-electron chi connectivity index (χ4n) is 2.73. The number of nitrogens with one attached hydrogen (secondary N) is 1. The summed E-state index contributed by atoms with van der Waals surface area (Å²) in [4.78, 5) is 12.0. The minimum absolute atomic E-state index is 0.173. The SMILES string of the molecule is OCC1CCCN1c1cc(NCCc2ccc(Cl)s2)ncn1. The van der Waals surface area contributed by atoms with Crippen molar-refractivity contribution < 1.29 is 5.11 Å². The predicted molar refractivity (Wildman–Crippen MR) is 91.0 cm³/mol. The molecule has 1 fully saturated rings. The Kier molecular flexibility index (Phi) is 5.12. The number of aliphatic hydroxyl groups excluding tert-OH is 1. The molecule has 22 heavy (non-hydrogen) atoms. The van der Waals surface area contributed by atoms with Gasteiger partial charge < -0.3 is 15.3 Å². The number of hydrogen-bond acceptors (Lipinski definition) is 6. The fourth-order valence-corrected chi connectivity index (χ4v) is 3.81. The quantitative estimate of drug-likeness (QED) is 0.848. The van der Waals surface area contributed by atoms with Crippen molar-refractivity contribution in [3.8, 4) is 0 Å². The average molecular weight is 339 g/mol. The monoisotopic (exact) mass is 338 g/mol. The summed E-state index contributed by atoms with van der Waals surface area (Å²) in [5.74, 6) is 1.70. The summed E-state index contributed by atoms with van der Waals surface area (Å²) in [6.45, 7) is 1.91. The van der Waals surface area contributed by atoms with E-state index in [1.54, 1.807) is 17.7 Å². The third kappa shape index (κ3) is 3.69. The maximum atomic E-state index is 9.43. The number of anilines is 2. The molecule has 3 heterocycles. The molecule has 2 aromatic heterocycles. The molecule has 1 saturated heterocycles. The van der Waals surface area contributed by atoms with E-state index in [9.17, 15) is 5.11 Å². The van der Waals surface area contributed by atoms with Crippen LogP contribution in [0.2, 0.25) is 4.34 Å². The van der Waals surface area contributed by atoms with Gasteiger partial charge in [0.2, 0.25) is 0 Å². The van der Waals surface area contributed by atoms with Crippen LogP contribution in [0.1, 0.15) is 17.7 Å². The molecule has 3 rings (SSSR count). The lowest BCUT2D eigenvalue weighted by Gasteiger charge is -2.24. The number of aliphatic hydroxyl groups is 1. The van der Waals surface area contributed by atoms with E-state index in [1.807, 2.05) is 12.1 Å². The molecular weight excluding hydrogens is 320 g/mol. The van der Waals surface area contributed by atoms with Gasteiger partial charge >= 0.3 is 0 Å². The van der Waals surface area contributed by atoms with Crippen molar-refractivity contribution in [2.45, 2.75) is 25.3 Å². The van der Waals surface area contributed by atoms with Gasteiger partial charge in [0.15, 0.2) is 0 Å². The Morgan fingerprint density at radius 1 is 1.41 bits per heavy atom. The fraction of sp³-hybridized carbons (Fsp3) is 0.467. The average Bonchev–Trinajstić information content (AvgIpc) is 3.16. The van der Waals surface area contributed by atoms with Crippen LogP contribution in [0.4, 0.5) is 11.6 Å². The highest BCUT2D eigenvalue weighted by Crippen LogP contribution is 2.25. The smallest absolute Gasteiger partial charge is 0.134 e. The summed E-state index contributed by atoms with van der Waals surface area (Å²) >= 11 is 7.54. The van der Waals surface area contributed by atoms with Crippen molar-refractivity contribution in [2.24, 2.45) is 0 Å². The van der Waals surface area contributed by atoms with Gasteiger partial charge in [0, 0.05) is 24.0 Å². The Hall–Kier alpha value is -1.37. The lowest BCUT2D eigenvalue weighted by Crippen LogP contribution is -2.32. The van der Waals surface area contributed by atoms with Crippen LogP contribution in [0.25, 0.3) is 0 Å². The Labute approximate surface area is 139 Å². The van der Waals surface area contributed by atoms with Crippen molar-refractivity contribution >= 4 is 34.6 Å². The van der Waals surface area contributed by atoms with Gasteiger partial charge in [0.25, 0.3) is 0 Å². The Bertz CT molecular complexity index is 621. The van der Waals surface area contributed by atoms with Crippen LogP contribution in [0.5, 0.6) is 0 Å². The lowest BCUT2D eigenvalue weighted by atomic mass is 10.2. The first-order valence-electron chi connectivity index (χ1n) is 7.44. The van der Waals surface area contributed by atoms with Gasteiger partial charge in [-0.05, 0) is 31.4 Å². The topological polar surface area (TPSA) is 61.3 Å². The van der Waals surface area contributed by atoms with Gasteiger partial charge in [-0.1, -0.05) is 11.6 Å². The van der Waals surface area contributed by atoms with E-state index in [-0.39, 0.29) is 12.6 Å². The molecule has 7 heteroatoms. The molecule has 0 aliphatic carbocycles. The van der Waals surface area contributed by atoms with Gasteiger partial charge in [0.05, 0.1) is 17.0 Å². The molecule has 0 spiro atoms. The molecule has 2 aromatic rings. The largest absolute Gasteiger partial charge is 0.394 e. The summed E-state index contributed by atoms with van der Waals surface area (Å²) in [5, 5.41) is 12.7. The van der Waals surface area contributed by atoms with Crippen LogP contribution in [-0.2, 0) is 6.42 Å². The molecule has 0 bridgehead atoms. The number of thiophene rings is 1.